The summed E-state index contributed by atoms with van der Waals surface area (Å²) in [5.41, 5.74) is 5.84. The van der Waals surface area contributed by atoms with Gasteiger partial charge in [0.2, 0.25) is 0 Å². The van der Waals surface area contributed by atoms with Crippen molar-refractivity contribution in [3.8, 4) is 5.75 Å². The molecule has 0 bridgehead atoms. The van der Waals surface area contributed by atoms with Crippen LogP contribution in [0.25, 0.3) is 6.08 Å². The highest BCUT2D eigenvalue weighted by molar-refractivity contribution is 5.85. The van der Waals surface area contributed by atoms with Gasteiger partial charge in [0.15, 0.2) is 0 Å². The number of aromatic hydroxyl groups is 1. The highest BCUT2D eigenvalue weighted by Crippen LogP contribution is 2.46. The number of fused-ring (bicyclic) bond motifs is 1. The summed E-state index contributed by atoms with van der Waals surface area (Å²) < 4.78 is 0. The summed E-state index contributed by atoms with van der Waals surface area (Å²) in [6, 6.07) is 24.4. The van der Waals surface area contributed by atoms with Crippen molar-refractivity contribution < 1.29 is 15.0 Å². The fraction of sp³-hybridized carbons (Fsp3) is 0.160. The van der Waals surface area contributed by atoms with Crippen LogP contribution in [-0.2, 0) is 11.2 Å². The third-order valence-corrected chi connectivity index (χ3v) is 5.53. The zero-order chi connectivity index (χ0) is 19.5. The number of hydrogen-bond donors (Lipinski definition) is 2. The molecule has 140 valence electrons. The molecule has 28 heavy (non-hydrogen) atoms. The lowest BCUT2D eigenvalue weighted by Gasteiger charge is -2.34. The summed E-state index contributed by atoms with van der Waals surface area (Å²) in [6.45, 7) is 0. The van der Waals surface area contributed by atoms with Gasteiger partial charge < -0.3 is 10.2 Å². The summed E-state index contributed by atoms with van der Waals surface area (Å²) in [5, 5.41) is 18.7. The molecule has 1 aliphatic carbocycles. The number of carbonyl (C=O) groups is 1. The average Bonchev–Trinajstić information content (AvgIpc) is 2.72. The van der Waals surface area contributed by atoms with Gasteiger partial charge in [-0.15, -0.1) is 0 Å². The molecule has 2 atom stereocenters. The van der Waals surface area contributed by atoms with Gasteiger partial charge in [-0.25, -0.2) is 4.79 Å². The van der Waals surface area contributed by atoms with E-state index in [4.69, 9.17) is 5.11 Å². The molecule has 0 amide bonds. The Morgan fingerprint density at radius 1 is 0.929 bits per heavy atom. The van der Waals surface area contributed by atoms with E-state index in [1.54, 1.807) is 12.1 Å². The lowest BCUT2D eigenvalue weighted by molar-refractivity contribution is -0.131. The fourth-order valence-electron chi connectivity index (χ4n) is 4.26. The van der Waals surface area contributed by atoms with Gasteiger partial charge in [-0.3, -0.25) is 0 Å². The van der Waals surface area contributed by atoms with Crippen LogP contribution in [0.15, 0.2) is 78.9 Å². The van der Waals surface area contributed by atoms with Crippen LogP contribution in [0, 0.1) is 0 Å². The molecule has 0 fully saturated rings. The Morgan fingerprint density at radius 3 is 2.39 bits per heavy atom. The van der Waals surface area contributed by atoms with Gasteiger partial charge in [-0.2, -0.15) is 0 Å². The van der Waals surface area contributed by atoms with Crippen molar-refractivity contribution in [1.29, 1.82) is 0 Å². The third kappa shape index (κ3) is 3.70. The smallest absolute Gasteiger partial charge is 0.328 e. The van der Waals surface area contributed by atoms with Crippen LogP contribution in [0.3, 0.4) is 0 Å². The van der Waals surface area contributed by atoms with Gasteiger partial charge >= 0.3 is 5.97 Å². The quantitative estimate of drug-likeness (QED) is 0.609. The van der Waals surface area contributed by atoms with E-state index in [0.29, 0.717) is 11.7 Å². The molecule has 0 spiro atoms. The van der Waals surface area contributed by atoms with Crippen LogP contribution in [0.4, 0.5) is 0 Å². The molecule has 3 aromatic carbocycles. The molecular formula is C25H22O3. The van der Waals surface area contributed by atoms with E-state index in [9.17, 15) is 9.90 Å². The van der Waals surface area contributed by atoms with E-state index < -0.39 is 5.97 Å². The Morgan fingerprint density at radius 2 is 1.68 bits per heavy atom. The Balaban J connectivity index is 1.76. The van der Waals surface area contributed by atoms with Gasteiger partial charge in [0.25, 0.3) is 0 Å². The number of carboxylic acids is 1. The largest absolute Gasteiger partial charge is 0.508 e. The third-order valence-electron chi connectivity index (χ3n) is 5.53. The minimum atomic E-state index is -0.950. The van der Waals surface area contributed by atoms with E-state index in [1.165, 1.54) is 22.3 Å². The summed E-state index contributed by atoms with van der Waals surface area (Å²) in [5.74, 6) is -0.0815. The molecular weight excluding hydrogens is 348 g/mol. The summed E-state index contributed by atoms with van der Waals surface area (Å²) in [4.78, 5) is 10.7. The second kappa shape index (κ2) is 7.73. The van der Waals surface area contributed by atoms with Crippen molar-refractivity contribution in [2.45, 2.75) is 24.7 Å². The number of carboxylic acid groups (broad SMARTS) is 1. The maximum absolute atomic E-state index is 10.7. The average molecular weight is 370 g/mol. The highest BCUT2D eigenvalue weighted by Gasteiger charge is 2.32. The molecule has 0 saturated carbocycles. The first-order valence-corrected chi connectivity index (χ1v) is 9.49. The van der Waals surface area contributed by atoms with Crippen LogP contribution in [0.2, 0.25) is 0 Å². The molecule has 1 aliphatic rings. The molecule has 2 N–H and O–H groups in total. The predicted octanol–water partition coefficient (Wildman–Crippen LogP) is 5.35. The van der Waals surface area contributed by atoms with E-state index in [0.717, 1.165) is 24.5 Å². The van der Waals surface area contributed by atoms with Crippen molar-refractivity contribution in [2.24, 2.45) is 0 Å². The molecule has 3 aromatic rings. The molecule has 0 unspecified atom stereocenters. The second-order valence-corrected chi connectivity index (χ2v) is 7.25. The molecule has 0 aromatic heterocycles. The number of aryl methyl sites for hydroxylation is 1. The normalized spacial score (nSPS) is 18.7. The first-order chi connectivity index (χ1) is 13.6. The van der Waals surface area contributed by atoms with Crippen molar-refractivity contribution >= 4 is 12.0 Å². The van der Waals surface area contributed by atoms with E-state index in [2.05, 4.69) is 36.4 Å². The van der Waals surface area contributed by atoms with Crippen LogP contribution in [-0.4, -0.2) is 16.2 Å². The summed E-state index contributed by atoms with van der Waals surface area (Å²) in [6.07, 6.45) is 4.72. The Labute approximate surface area is 164 Å². The molecule has 0 aliphatic heterocycles. The van der Waals surface area contributed by atoms with Gasteiger partial charge in [0.1, 0.15) is 5.75 Å². The van der Waals surface area contributed by atoms with Crippen LogP contribution in [0.1, 0.15) is 46.1 Å². The molecule has 0 heterocycles. The van der Waals surface area contributed by atoms with E-state index in [-0.39, 0.29) is 5.92 Å². The van der Waals surface area contributed by atoms with Gasteiger partial charge in [0.05, 0.1) is 0 Å². The number of aliphatic carboxylic acids is 1. The van der Waals surface area contributed by atoms with Crippen LogP contribution < -0.4 is 0 Å². The summed E-state index contributed by atoms with van der Waals surface area (Å²) in [7, 11) is 0. The Kier molecular flexibility index (Phi) is 4.98. The van der Waals surface area contributed by atoms with Crippen LogP contribution in [0.5, 0.6) is 5.75 Å². The number of phenols is 1. The highest BCUT2D eigenvalue weighted by atomic mass is 16.4. The Hall–Kier alpha value is -3.33. The van der Waals surface area contributed by atoms with Crippen LogP contribution >= 0.6 is 0 Å². The van der Waals surface area contributed by atoms with Gasteiger partial charge in [0, 0.05) is 12.0 Å². The van der Waals surface area contributed by atoms with Crippen molar-refractivity contribution in [2.75, 3.05) is 0 Å². The maximum Gasteiger partial charge on any atom is 0.328 e. The van der Waals surface area contributed by atoms with Crippen molar-refractivity contribution in [1.82, 2.24) is 0 Å². The number of benzene rings is 3. The zero-order valence-electron chi connectivity index (χ0n) is 15.5. The van der Waals surface area contributed by atoms with E-state index in [1.807, 2.05) is 30.3 Å². The molecule has 4 rings (SSSR count). The second-order valence-electron chi connectivity index (χ2n) is 7.25. The number of hydrogen-bond acceptors (Lipinski definition) is 2. The topological polar surface area (TPSA) is 57.5 Å². The van der Waals surface area contributed by atoms with Gasteiger partial charge in [-0.1, -0.05) is 60.7 Å². The van der Waals surface area contributed by atoms with Gasteiger partial charge in [-0.05, 0) is 64.8 Å². The summed E-state index contributed by atoms with van der Waals surface area (Å²) >= 11 is 0. The monoisotopic (exact) mass is 370 g/mol. The molecule has 0 saturated heterocycles. The molecule has 0 radical (unpaired) electrons. The molecule has 3 nitrogen and oxygen atoms in total. The first-order valence-electron chi connectivity index (χ1n) is 9.49. The lowest BCUT2D eigenvalue weighted by atomic mass is 9.69. The fourth-order valence-corrected chi connectivity index (χ4v) is 4.26. The minimum absolute atomic E-state index is 0.198. The predicted molar refractivity (Wildman–Crippen MR) is 111 cm³/mol. The SMILES string of the molecule is O=C(O)/C=C/c1ccc([C@H]2c3ccc(O)cc3CC[C@H]2c2ccccc2)cc1. The van der Waals surface area contributed by atoms with E-state index >= 15 is 0 Å². The number of rotatable bonds is 4. The lowest BCUT2D eigenvalue weighted by Crippen LogP contribution is -2.20. The zero-order valence-corrected chi connectivity index (χ0v) is 15.5. The van der Waals surface area contributed by atoms with Crippen molar-refractivity contribution in [3.05, 3.63) is 107 Å². The Bertz CT molecular complexity index is 1000. The minimum Gasteiger partial charge on any atom is -0.508 e. The molecule has 3 heteroatoms. The first kappa shape index (κ1) is 18.1. The standard InChI is InChI=1S/C25H22O3/c26-21-12-14-23-20(16-21)11-13-22(18-4-2-1-3-5-18)25(23)19-9-6-17(7-10-19)8-15-24(27)28/h1-10,12,14-16,22,25-26H,11,13H2,(H,27,28)/b15-8+/t22-,25+/m0/s1. The van der Waals surface area contributed by atoms with Crippen molar-refractivity contribution in [3.63, 3.8) is 0 Å². The maximum atomic E-state index is 10.7. The number of phenolic OH excluding ortho intramolecular Hbond substituents is 1.